The zero-order valence-corrected chi connectivity index (χ0v) is 14.3. The first kappa shape index (κ1) is 15.0. The van der Waals surface area contributed by atoms with E-state index < -0.39 is 0 Å². The molecule has 0 amide bonds. The third kappa shape index (κ3) is 3.21. The van der Waals surface area contributed by atoms with Crippen molar-refractivity contribution >= 4 is 37.4 Å². The molecule has 1 aromatic heterocycles. The maximum atomic E-state index is 3.67. The first-order valence-corrected chi connectivity index (χ1v) is 8.75. The summed E-state index contributed by atoms with van der Waals surface area (Å²) in [5.74, 6) is 0.668. The maximum absolute atomic E-state index is 3.67. The van der Waals surface area contributed by atoms with Crippen molar-refractivity contribution in [2.24, 2.45) is 5.92 Å². The van der Waals surface area contributed by atoms with Gasteiger partial charge in [-0.05, 0) is 57.2 Å². The van der Waals surface area contributed by atoms with E-state index in [0.29, 0.717) is 12.0 Å². The maximum Gasteiger partial charge on any atom is 0.0488 e. The van der Waals surface area contributed by atoms with E-state index in [4.69, 9.17) is 0 Å². The van der Waals surface area contributed by atoms with Crippen molar-refractivity contribution < 1.29 is 0 Å². The first-order chi connectivity index (χ1) is 9.19. The summed E-state index contributed by atoms with van der Waals surface area (Å²) in [4.78, 5) is 0. The van der Waals surface area contributed by atoms with Crippen molar-refractivity contribution in [3.05, 3.63) is 33.6 Å². The molecular formula is C16H22BrNS. The van der Waals surface area contributed by atoms with Gasteiger partial charge in [-0.25, -0.2) is 0 Å². The van der Waals surface area contributed by atoms with Crippen LogP contribution in [-0.2, 0) is 0 Å². The van der Waals surface area contributed by atoms with Gasteiger partial charge in [-0.3, -0.25) is 0 Å². The summed E-state index contributed by atoms with van der Waals surface area (Å²) in [6.07, 6.45) is 2.51. The third-order valence-electron chi connectivity index (χ3n) is 3.65. The lowest BCUT2D eigenvalue weighted by Crippen LogP contribution is -2.26. The largest absolute Gasteiger partial charge is 0.310 e. The minimum Gasteiger partial charge on any atom is -0.310 e. The fraction of sp³-hybridized carbons (Fsp3) is 0.500. The summed E-state index contributed by atoms with van der Waals surface area (Å²) in [5.41, 5.74) is 1.46. The van der Waals surface area contributed by atoms with Gasteiger partial charge in [0.25, 0.3) is 0 Å². The monoisotopic (exact) mass is 339 g/mol. The van der Waals surface area contributed by atoms with Gasteiger partial charge >= 0.3 is 0 Å². The quantitative estimate of drug-likeness (QED) is 0.706. The van der Waals surface area contributed by atoms with Crippen LogP contribution in [0.5, 0.6) is 0 Å². The van der Waals surface area contributed by atoms with Crippen LogP contribution in [0.3, 0.4) is 0 Å². The Labute approximate surface area is 128 Å². The highest BCUT2D eigenvalue weighted by Gasteiger charge is 2.21. The SMILES string of the molecule is CCCC(C)C(NCC)c1csc2c(Br)cccc12. The number of thiophene rings is 1. The van der Waals surface area contributed by atoms with Crippen LogP contribution in [0.15, 0.2) is 28.1 Å². The lowest BCUT2D eigenvalue weighted by molar-refractivity contribution is 0.372. The summed E-state index contributed by atoms with van der Waals surface area (Å²) in [6, 6.07) is 6.97. The van der Waals surface area contributed by atoms with Gasteiger partial charge in [-0.2, -0.15) is 0 Å². The minimum absolute atomic E-state index is 0.466. The van der Waals surface area contributed by atoms with E-state index in [1.807, 2.05) is 11.3 Å². The topological polar surface area (TPSA) is 12.0 Å². The fourth-order valence-corrected chi connectivity index (χ4v) is 4.40. The Morgan fingerprint density at radius 1 is 1.32 bits per heavy atom. The fourth-order valence-electron chi connectivity index (χ4n) is 2.74. The van der Waals surface area contributed by atoms with E-state index in [9.17, 15) is 0 Å². The van der Waals surface area contributed by atoms with Gasteiger partial charge in [-0.15, -0.1) is 11.3 Å². The number of rotatable bonds is 6. The molecule has 0 fully saturated rings. The van der Waals surface area contributed by atoms with Crippen LogP contribution in [0.1, 0.15) is 45.2 Å². The van der Waals surface area contributed by atoms with Crippen molar-refractivity contribution in [2.45, 2.75) is 39.7 Å². The Balaban J connectivity index is 2.41. The van der Waals surface area contributed by atoms with Crippen molar-refractivity contribution in [1.29, 1.82) is 0 Å². The predicted molar refractivity (Wildman–Crippen MR) is 90.0 cm³/mol. The molecule has 1 heterocycles. The normalized spacial score (nSPS) is 14.7. The Bertz CT molecular complexity index is 535. The van der Waals surface area contributed by atoms with E-state index in [1.54, 1.807) is 0 Å². The predicted octanol–water partition coefficient (Wildman–Crippen LogP) is 5.75. The zero-order chi connectivity index (χ0) is 13.8. The number of benzene rings is 1. The molecule has 0 radical (unpaired) electrons. The highest BCUT2D eigenvalue weighted by atomic mass is 79.9. The molecule has 1 nitrogen and oxygen atoms in total. The van der Waals surface area contributed by atoms with Gasteiger partial charge in [0.05, 0.1) is 0 Å². The van der Waals surface area contributed by atoms with Crippen LogP contribution in [-0.4, -0.2) is 6.54 Å². The Morgan fingerprint density at radius 2 is 2.11 bits per heavy atom. The molecule has 2 rings (SSSR count). The number of hydrogen-bond donors (Lipinski definition) is 1. The molecular weight excluding hydrogens is 318 g/mol. The minimum atomic E-state index is 0.466. The molecule has 0 saturated heterocycles. The molecule has 3 heteroatoms. The van der Waals surface area contributed by atoms with E-state index in [1.165, 1.54) is 33.0 Å². The summed E-state index contributed by atoms with van der Waals surface area (Å²) < 4.78 is 2.57. The van der Waals surface area contributed by atoms with Crippen molar-refractivity contribution in [2.75, 3.05) is 6.54 Å². The number of nitrogens with one attached hydrogen (secondary N) is 1. The summed E-state index contributed by atoms with van der Waals surface area (Å²) >= 11 is 5.50. The molecule has 2 atom stereocenters. The molecule has 0 spiro atoms. The Hall–Kier alpha value is -0.380. The average molecular weight is 340 g/mol. The third-order valence-corrected chi connectivity index (χ3v) is 5.62. The van der Waals surface area contributed by atoms with Crippen LogP contribution < -0.4 is 5.32 Å². The van der Waals surface area contributed by atoms with E-state index in [-0.39, 0.29) is 0 Å². The summed E-state index contributed by atoms with van der Waals surface area (Å²) in [6.45, 7) is 7.83. The molecule has 2 unspecified atom stereocenters. The van der Waals surface area contributed by atoms with Crippen molar-refractivity contribution in [3.8, 4) is 0 Å². The van der Waals surface area contributed by atoms with E-state index >= 15 is 0 Å². The lowest BCUT2D eigenvalue weighted by atomic mass is 9.91. The highest BCUT2D eigenvalue weighted by Crippen LogP contribution is 2.38. The van der Waals surface area contributed by atoms with Crippen molar-refractivity contribution in [3.63, 3.8) is 0 Å². The van der Waals surface area contributed by atoms with Crippen LogP contribution in [0.4, 0.5) is 0 Å². The van der Waals surface area contributed by atoms with Gasteiger partial charge in [0.2, 0.25) is 0 Å². The summed E-state index contributed by atoms with van der Waals surface area (Å²) in [7, 11) is 0. The number of hydrogen-bond acceptors (Lipinski definition) is 2. The van der Waals surface area contributed by atoms with Crippen LogP contribution >= 0.6 is 27.3 Å². The van der Waals surface area contributed by atoms with E-state index in [0.717, 1.165) is 6.54 Å². The van der Waals surface area contributed by atoms with Crippen LogP contribution in [0.2, 0.25) is 0 Å². The molecule has 1 N–H and O–H groups in total. The number of fused-ring (bicyclic) bond motifs is 1. The zero-order valence-electron chi connectivity index (χ0n) is 11.9. The van der Waals surface area contributed by atoms with Crippen LogP contribution in [0, 0.1) is 5.92 Å². The standard InChI is InChI=1S/C16H22BrNS/c1-4-7-11(3)15(18-5-2)13-10-19-16-12(13)8-6-9-14(16)17/h6,8-11,15,18H,4-5,7H2,1-3H3. The molecule has 0 aliphatic heterocycles. The second-order valence-corrected chi connectivity index (χ2v) is 6.84. The second-order valence-electron chi connectivity index (χ2n) is 5.11. The Kier molecular flexibility index (Phi) is 5.43. The first-order valence-electron chi connectivity index (χ1n) is 7.08. The summed E-state index contributed by atoms with van der Waals surface area (Å²) in [5, 5.41) is 7.40. The average Bonchev–Trinajstić information content (AvgIpc) is 2.81. The van der Waals surface area contributed by atoms with Gasteiger partial charge in [0, 0.05) is 15.2 Å². The number of halogens is 1. The molecule has 104 valence electrons. The highest BCUT2D eigenvalue weighted by molar-refractivity contribution is 9.10. The molecule has 1 aromatic carbocycles. The Morgan fingerprint density at radius 3 is 2.79 bits per heavy atom. The molecule has 0 aliphatic carbocycles. The molecule has 19 heavy (non-hydrogen) atoms. The van der Waals surface area contributed by atoms with Gasteiger partial charge in [-0.1, -0.05) is 39.3 Å². The van der Waals surface area contributed by atoms with Crippen LogP contribution in [0.25, 0.3) is 10.1 Å². The molecule has 0 saturated carbocycles. The van der Waals surface area contributed by atoms with E-state index in [2.05, 4.69) is 65.6 Å². The lowest BCUT2D eigenvalue weighted by Gasteiger charge is -2.24. The van der Waals surface area contributed by atoms with Gasteiger partial charge < -0.3 is 5.32 Å². The molecule has 0 bridgehead atoms. The second kappa shape index (κ2) is 6.87. The van der Waals surface area contributed by atoms with Gasteiger partial charge in [0.1, 0.15) is 0 Å². The molecule has 2 aromatic rings. The van der Waals surface area contributed by atoms with Gasteiger partial charge in [0.15, 0.2) is 0 Å². The smallest absolute Gasteiger partial charge is 0.0488 e. The van der Waals surface area contributed by atoms with Crippen molar-refractivity contribution in [1.82, 2.24) is 5.32 Å². The molecule has 0 aliphatic rings.